The van der Waals surface area contributed by atoms with E-state index in [2.05, 4.69) is 16.0 Å². The number of rotatable bonds is 11. The maximum Gasteiger partial charge on any atom is 0.469 e. The third-order valence-corrected chi connectivity index (χ3v) is 11.9. The Morgan fingerprint density at radius 1 is 0.951 bits per heavy atom. The van der Waals surface area contributed by atoms with E-state index in [1.807, 2.05) is 13.8 Å². The summed E-state index contributed by atoms with van der Waals surface area (Å²) in [5.41, 5.74) is -0.0335. The number of carbonyl (C=O) groups is 7. The third kappa shape index (κ3) is 12.2. The standard InChI is InChI=1S/C40H55F2N6O12P/c1-5-6-7-8-12-33(49)44-29(17-25-15-26(41)18-27(42)16-25)35(50)45-34-24(4)59-40(55)32-14-22(2)20-47(32)37(52)23(3)43-36(51)30-11-9-10-13-46(30)38(53)31-19-28(60-61(56,57)58)21-48(31)39(34)54/h8,12,15-16,18,22-24,28-32,34H,5-7,9-11,13-14,17,19-21H2,1-4H3,(H,43,51)(H,44,49)(H,45,50)(H2,56,57,58)/b12-8+/t22-,23+,24+,28-,29+,30+,31+,32?,34+/m1/s1. The molecule has 9 atom stereocenters. The highest BCUT2D eigenvalue weighted by Crippen LogP contribution is 2.41. The Morgan fingerprint density at radius 2 is 1.64 bits per heavy atom. The van der Waals surface area contributed by atoms with Crippen LogP contribution in [0.4, 0.5) is 8.78 Å². The fourth-order valence-electron chi connectivity index (χ4n) is 8.39. The highest BCUT2D eigenvalue weighted by molar-refractivity contribution is 7.46. The van der Waals surface area contributed by atoms with E-state index in [9.17, 15) is 56.7 Å². The molecule has 18 nitrogen and oxygen atoms in total. The van der Waals surface area contributed by atoms with Crippen molar-refractivity contribution in [3.05, 3.63) is 47.5 Å². The molecule has 21 heteroatoms. The zero-order chi connectivity index (χ0) is 44.8. The van der Waals surface area contributed by atoms with Crippen LogP contribution in [0.25, 0.3) is 0 Å². The summed E-state index contributed by atoms with van der Waals surface area (Å²) in [6.07, 6.45) is 2.43. The van der Waals surface area contributed by atoms with Crippen LogP contribution in [0.5, 0.6) is 0 Å². The van der Waals surface area contributed by atoms with Crippen molar-refractivity contribution in [3.8, 4) is 0 Å². The Hall–Kier alpha value is -4.78. The first-order valence-corrected chi connectivity index (χ1v) is 22.2. The van der Waals surface area contributed by atoms with Gasteiger partial charge in [-0.05, 0) is 75.6 Å². The number of amides is 6. The lowest BCUT2D eigenvalue weighted by molar-refractivity contribution is -0.163. The maximum atomic E-state index is 14.9. The SMILES string of the molecule is CCCC/C=C/C(=O)N[C@@H](Cc1cc(F)cc(F)c1)C(=O)N[C@@H]1C(=O)N2C[C@H](OP(=O)(O)O)C[C@H]2C(=O)N2CCCC[C@H]2C(=O)N[C@@H](C)C(=O)N2C[C@H](C)CC2C(=O)O[C@H]1C. The van der Waals surface area contributed by atoms with Crippen molar-refractivity contribution in [1.29, 1.82) is 0 Å². The number of piperidine rings is 1. The van der Waals surface area contributed by atoms with Crippen LogP contribution in [0.15, 0.2) is 30.4 Å². The number of ether oxygens (including phenoxy) is 1. The minimum atomic E-state index is -5.19. The summed E-state index contributed by atoms with van der Waals surface area (Å²) in [6, 6.07) is -5.79. The van der Waals surface area contributed by atoms with E-state index in [0.717, 1.165) is 29.9 Å². The molecule has 0 spiro atoms. The normalized spacial score (nSPS) is 28.5. The van der Waals surface area contributed by atoms with Crippen molar-refractivity contribution in [2.24, 2.45) is 5.92 Å². The summed E-state index contributed by atoms with van der Waals surface area (Å²) in [5.74, 6) is -7.93. The van der Waals surface area contributed by atoms with Gasteiger partial charge in [0.1, 0.15) is 54.0 Å². The first-order chi connectivity index (χ1) is 28.8. The molecule has 4 fully saturated rings. The summed E-state index contributed by atoms with van der Waals surface area (Å²) in [7, 11) is -5.19. The first-order valence-electron chi connectivity index (χ1n) is 20.6. The van der Waals surface area contributed by atoms with E-state index in [1.54, 1.807) is 6.08 Å². The number of carbonyl (C=O) groups excluding carboxylic acids is 7. The number of allylic oxidation sites excluding steroid dienone is 1. The number of unbranched alkanes of at least 4 members (excludes halogenated alkanes) is 2. The molecule has 5 N–H and O–H groups in total. The average Bonchev–Trinajstić information content (AvgIpc) is 3.79. The summed E-state index contributed by atoms with van der Waals surface area (Å²) < 4.78 is 51.4. The van der Waals surface area contributed by atoms with Gasteiger partial charge < -0.3 is 45.2 Å². The van der Waals surface area contributed by atoms with Gasteiger partial charge in [0.15, 0.2) is 0 Å². The second kappa shape index (κ2) is 20.4. The lowest BCUT2D eigenvalue weighted by Gasteiger charge is -2.39. The quantitative estimate of drug-likeness (QED) is 0.0917. The summed E-state index contributed by atoms with van der Waals surface area (Å²) >= 11 is 0. The van der Waals surface area contributed by atoms with E-state index in [1.165, 1.54) is 29.7 Å². The van der Waals surface area contributed by atoms with Crippen molar-refractivity contribution < 1.29 is 66.0 Å². The molecule has 0 saturated carbocycles. The number of fused-ring (bicyclic) bond motifs is 3. The van der Waals surface area contributed by atoms with Gasteiger partial charge in [-0.3, -0.25) is 33.3 Å². The fourth-order valence-corrected chi connectivity index (χ4v) is 8.93. The number of phosphoric acid groups is 1. The first kappa shape index (κ1) is 47.3. The Bertz CT molecular complexity index is 1910. The van der Waals surface area contributed by atoms with E-state index in [0.29, 0.717) is 25.3 Å². The van der Waals surface area contributed by atoms with Gasteiger partial charge in [0, 0.05) is 38.5 Å². The monoisotopic (exact) mass is 880 g/mol. The van der Waals surface area contributed by atoms with Crippen LogP contribution in [-0.2, 0) is 53.8 Å². The van der Waals surface area contributed by atoms with Crippen LogP contribution >= 0.6 is 7.82 Å². The van der Waals surface area contributed by atoms with E-state index >= 15 is 0 Å². The summed E-state index contributed by atoms with van der Waals surface area (Å²) in [5, 5.41) is 7.70. The molecule has 5 rings (SSSR count). The minimum Gasteiger partial charge on any atom is -0.458 e. The molecule has 0 radical (unpaired) electrons. The van der Waals surface area contributed by atoms with Crippen LogP contribution in [-0.4, -0.2) is 134 Å². The second-order valence-corrected chi connectivity index (χ2v) is 17.5. The second-order valence-electron chi connectivity index (χ2n) is 16.3. The number of esters is 1. The minimum absolute atomic E-state index is 0.0335. The summed E-state index contributed by atoms with van der Waals surface area (Å²) in [6.45, 7) is 6.11. The number of benzene rings is 1. The molecule has 61 heavy (non-hydrogen) atoms. The lowest BCUT2D eigenvalue weighted by atomic mass is 9.98. The van der Waals surface area contributed by atoms with Crippen molar-refractivity contribution in [3.63, 3.8) is 0 Å². The molecule has 1 aromatic rings. The number of nitrogens with one attached hydrogen (secondary N) is 3. The van der Waals surface area contributed by atoms with Crippen LogP contribution in [0.1, 0.15) is 84.6 Å². The largest absolute Gasteiger partial charge is 0.469 e. The molecular weight excluding hydrogens is 825 g/mol. The number of hydrogen-bond acceptors (Lipinski definition) is 10. The molecule has 0 aromatic heterocycles. The third-order valence-electron chi connectivity index (χ3n) is 11.3. The number of nitrogens with zero attached hydrogens (tertiary/aromatic N) is 3. The van der Waals surface area contributed by atoms with Gasteiger partial charge in [0.2, 0.25) is 35.4 Å². The van der Waals surface area contributed by atoms with E-state index in [4.69, 9.17) is 9.26 Å². The Balaban J connectivity index is 1.57. The molecule has 0 aliphatic carbocycles. The van der Waals surface area contributed by atoms with Crippen LogP contribution < -0.4 is 16.0 Å². The van der Waals surface area contributed by atoms with Gasteiger partial charge in [-0.25, -0.2) is 18.1 Å². The van der Waals surface area contributed by atoms with Crippen LogP contribution in [0, 0.1) is 17.6 Å². The number of hydrogen-bond donors (Lipinski definition) is 5. The molecule has 4 heterocycles. The van der Waals surface area contributed by atoms with Gasteiger partial charge in [-0.2, -0.15) is 0 Å². The van der Waals surface area contributed by atoms with E-state index < -0.39 is 129 Å². The smallest absolute Gasteiger partial charge is 0.458 e. The Morgan fingerprint density at radius 3 is 2.31 bits per heavy atom. The molecule has 336 valence electrons. The number of halogens is 2. The molecular formula is C40H55F2N6O12P. The van der Waals surface area contributed by atoms with Crippen LogP contribution in [0.2, 0.25) is 0 Å². The molecule has 6 amide bonds. The Kier molecular flexibility index (Phi) is 15.8. The topological polar surface area (TPSA) is 241 Å². The Labute approximate surface area is 352 Å². The van der Waals surface area contributed by atoms with Gasteiger partial charge in [-0.15, -0.1) is 0 Å². The fraction of sp³-hybridized carbons (Fsp3) is 0.625. The van der Waals surface area contributed by atoms with Crippen molar-refractivity contribution in [1.82, 2.24) is 30.7 Å². The highest BCUT2D eigenvalue weighted by Gasteiger charge is 2.50. The lowest BCUT2D eigenvalue weighted by Crippen LogP contribution is -2.63. The van der Waals surface area contributed by atoms with Gasteiger partial charge in [0.05, 0.1) is 6.10 Å². The zero-order valence-electron chi connectivity index (χ0n) is 34.6. The van der Waals surface area contributed by atoms with Crippen LogP contribution in [0.3, 0.4) is 0 Å². The molecule has 1 unspecified atom stereocenters. The van der Waals surface area contributed by atoms with Gasteiger partial charge in [-0.1, -0.05) is 32.8 Å². The predicted octanol–water partition coefficient (Wildman–Crippen LogP) is 1.37. The van der Waals surface area contributed by atoms with Gasteiger partial charge >= 0.3 is 13.8 Å². The molecule has 4 saturated heterocycles. The van der Waals surface area contributed by atoms with Crippen molar-refractivity contribution in [2.45, 2.75) is 134 Å². The highest BCUT2D eigenvalue weighted by atomic mass is 31.2. The van der Waals surface area contributed by atoms with Crippen molar-refractivity contribution in [2.75, 3.05) is 19.6 Å². The number of cyclic esters (lactones) is 1. The predicted molar refractivity (Wildman–Crippen MR) is 211 cm³/mol. The average molecular weight is 881 g/mol. The van der Waals surface area contributed by atoms with E-state index in [-0.39, 0.29) is 37.4 Å². The maximum absolute atomic E-state index is 14.9. The zero-order valence-corrected chi connectivity index (χ0v) is 35.5. The molecule has 4 aliphatic rings. The molecule has 0 bridgehead atoms. The number of phosphoric ester groups is 1. The van der Waals surface area contributed by atoms with Gasteiger partial charge in [0.25, 0.3) is 0 Å². The summed E-state index contributed by atoms with van der Waals surface area (Å²) in [4.78, 5) is 121. The van der Waals surface area contributed by atoms with Crippen molar-refractivity contribution >= 4 is 49.2 Å². The molecule has 1 aromatic carbocycles. The molecule has 4 aliphatic heterocycles.